The lowest BCUT2D eigenvalue weighted by Gasteiger charge is -2.17. The number of hydrogen-bond acceptors (Lipinski definition) is 5. The molecule has 3 rings (SSSR count). The first-order valence-electron chi connectivity index (χ1n) is 10.2. The second-order valence-electron chi connectivity index (χ2n) is 8.45. The van der Waals surface area contributed by atoms with Gasteiger partial charge in [-0.1, -0.05) is 43.9 Å². The maximum Gasteiger partial charge on any atom is 0.344 e. The van der Waals surface area contributed by atoms with Gasteiger partial charge < -0.3 is 18.6 Å². The zero-order valence-corrected chi connectivity index (χ0v) is 19.4. The number of hydrogen-bond donors (Lipinski definition) is 0. The van der Waals surface area contributed by atoms with Crippen molar-refractivity contribution in [3.63, 3.8) is 0 Å². The van der Waals surface area contributed by atoms with Crippen molar-refractivity contribution in [2.75, 3.05) is 27.4 Å². The van der Waals surface area contributed by atoms with Gasteiger partial charge in [-0.15, -0.1) is 0 Å². The van der Waals surface area contributed by atoms with Gasteiger partial charge in [-0.2, -0.15) is 0 Å². The maximum absolute atomic E-state index is 13.0. The average Bonchev–Trinajstić information content (AvgIpc) is 2.71. The van der Waals surface area contributed by atoms with E-state index in [0.717, 1.165) is 23.6 Å². The van der Waals surface area contributed by atoms with E-state index < -0.39 is 13.7 Å². The largest absolute Gasteiger partial charge is 0.496 e. The topological polar surface area (TPSA) is 57.9 Å². The van der Waals surface area contributed by atoms with Gasteiger partial charge in [0.2, 0.25) is 0 Å². The predicted molar refractivity (Wildman–Crippen MR) is 124 cm³/mol. The second kappa shape index (κ2) is 9.49. The van der Waals surface area contributed by atoms with Crippen molar-refractivity contribution in [2.24, 2.45) is 0 Å². The van der Waals surface area contributed by atoms with Gasteiger partial charge in [0.1, 0.15) is 17.1 Å². The predicted octanol–water partition coefficient (Wildman–Crippen LogP) is 5.37. The number of ether oxygens (including phenoxy) is 3. The molecule has 2 aromatic carbocycles. The van der Waals surface area contributed by atoms with E-state index in [2.05, 4.69) is 19.6 Å². The van der Waals surface area contributed by atoms with Crippen LogP contribution >= 0.6 is 0 Å². The van der Waals surface area contributed by atoms with E-state index in [1.807, 2.05) is 36.4 Å². The highest BCUT2D eigenvalue weighted by molar-refractivity contribution is 6.76. The Labute approximate surface area is 178 Å². The average molecular weight is 427 g/mol. The van der Waals surface area contributed by atoms with Crippen LogP contribution in [-0.4, -0.2) is 35.5 Å². The second-order valence-corrected chi connectivity index (χ2v) is 14.1. The molecule has 1 heterocycles. The monoisotopic (exact) mass is 426 g/mol. The molecule has 3 aromatic rings. The Kier molecular flexibility index (Phi) is 7.00. The van der Waals surface area contributed by atoms with Crippen molar-refractivity contribution in [1.29, 1.82) is 0 Å². The van der Waals surface area contributed by atoms with E-state index >= 15 is 0 Å². The van der Waals surface area contributed by atoms with Crippen LogP contribution in [0.2, 0.25) is 25.7 Å². The van der Waals surface area contributed by atoms with Crippen LogP contribution in [0.4, 0.5) is 0 Å². The Morgan fingerprint density at radius 2 is 1.60 bits per heavy atom. The zero-order valence-electron chi connectivity index (χ0n) is 18.4. The van der Waals surface area contributed by atoms with Gasteiger partial charge in [-0.3, -0.25) is 0 Å². The summed E-state index contributed by atoms with van der Waals surface area (Å²) in [6, 6.07) is 14.1. The van der Waals surface area contributed by atoms with E-state index in [1.54, 1.807) is 20.3 Å². The third-order valence-electron chi connectivity index (χ3n) is 5.09. The Morgan fingerprint density at radius 1 is 0.900 bits per heavy atom. The summed E-state index contributed by atoms with van der Waals surface area (Å²) in [6.45, 7) is 8.24. The lowest BCUT2D eigenvalue weighted by Crippen LogP contribution is -2.22. The molecule has 0 unspecified atom stereocenters. The molecule has 0 bridgehead atoms. The van der Waals surface area contributed by atoms with Crippen molar-refractivity contribution in [2.45, 2.75) is 32.1 Å². The summed E-state index contributed by atoms with van der Waals surface area (Å²) >= 11 is 0. The van der Waals surface area contributed by atoms with Crippen LogP contribution in [0.5, 0.6) is 11.5 Å². The Morgan fingerprint density at radius 3 is 2.30 bits per heavy atom. The third kappa shape index (κ3) is 4.94. The van der Waals surface area contributed by atoms with E-state index in [9.17, 15) is 4.79 Å². The normalized spacial score (nSPS) is 11.6. The Balaban J connectivity index is 2.09. The highest BCUT2D eigenvalue weighted by atomic mass is 28.3. The molecule has 0 spiro atoms. The molecule has 0 radical (unpaired) electrons. The fraction of sp³-hybridized carbons (Fsp3) is 0.375. The molecule has 1 aromatic heterocycles. The van der Waals surface area contributed by atoms with Gasteiger partial charge >= 0.3 is 5.63 Å². The molecule has 0 amide bonds. The first-order chi connectivity index (χ1) is 14.4. The lowest BCUT2D eigenvalue weighted by molar-refractivity contribution is 0.150. The molecular formula is C24H30O5Si. The van der Waals surface area contributed by atoms with E-state index in [-0.39, 0.29) is 0 Å². The molecule has 0 aliphatic heterocycles. The smallest absolute Gasteiger partial charge is 0.344 e. The number of rotatable bonds is 9. The summed E-state index contributed by atoms with van der Waals surface area (Å²) in [5, 5.41) is 0.800. The quantitative estimate of drug-likeness (QED) is 0.261. The summed E-state index contributed by atoms with van der Waals surface area (Å²) in [5.74, 6) is 1.30. The van der Waals surface area contributed by atoms with Gasteiger partial charge in [0.25, 0.3) is 0 Å². The summed E-state index contributed by atoms with van der Waals surface area (Å²) in [4.78, 5) is 13.0. The molecule has 0 aliphatic carbocycles. The van der Waals surface area contributed by atoms with E-state index in [4.69, 9.17) is 18.6 Å². The summed E-state index contributed by atoms with van der Waals surface area (Å²) < 4.78 is 22.7. The zero-order chi connectivity index (χ0) is 21.7. The van der Waals surface area contributed by atoms with Crippen molar-refractivity contribution in [1.82, 2.24) is 0 Å². The molecule has 0 fully saturated rings. The van der Waals surface area contributed by atoms with E-state index in [1.165, 1.54) is 0 Å². The number of methoxy groups -OCH3 is 2. The maximum atomic E-state index is 13.0. The number of benzene rings is 2. The molecule has 0 atom stereocenters. The van der Waals surface area contributed by atoms with Crippen LogP contribution in [-0.2, 0) is 11.2 Å². The van der Waals surface area contributed by atoms with Gasteiger partial charge in [0.05, 0.1) is 31.8 Å². The first-order valence-corrected chi connectivity index (χ1v) is 13.9. The fourth-order valence-corrected chi connectivity index (χ4v) is 4.25. The molecular weight excluding hydrogens is 396 g/mol. The van der Waals surface area contributed by atoms with Crippen LogP contribution in [0.25, 0.3) is 22.1 Å². The standard InChI is InChI=1S/C24H30O5Si/c1-26-19-10-7-6-9-17(19)22-18(13-14-28-15-16-30(3,4)5)23-20(27-2)11-8-12-21(23)29-24(22)25/h6-12H,13-16H2,1-5H3. The third-order valence-corrected chi connectivity index (χ3v) is 6.79. The van der Waals surface area contributed by atoms with Crippen molar-refractivity contribution in [3.8, 4) is 22.6 Å². The molecule has 30 heavy (non-hydrogen) atoms. The summed E-state index contributed by atoms with van der Waals surface area (Å²) in [5.41, 5.74) is 2.18. The van der Waals surface area contributed by atoms with E-state index in [0.29, 0.717) is 41.2 Å². The molecule has 0 saturated heterocycles. The first kappa shape index (κ1) is 22.1. The highest BCUT2D eigenvalue weighted by Gasteiger charge is 2.21. The van der Waals surface area contributed by atoms with Crippen LogP contribution in [0.1, 0.15) is 5.56 Å². The van der Waals surface area contributed by atoms with Crippen molar-refractivity contribution >= 4 is 19.0 Å². The molecule has 0 aliphatic rings. The molecule has 0 N–H and O–H groups in total. The van der Waals surface area contributed by atoms with Crippen LogP contribution in [0.15, 0.2) is 51.7 Å². The number of fused-ring (bicyclic) bond motifs is 1. The molecule has 160 valence electrons. The van der Waals surface area contributed by atoms with Gasteiger partial charge in [-0.05, 0) is 36.2 Å². The Bertz CT molecular complexity index is 1070. The minimum atomic E-state index is -1.16. The molecule has 0 saturated carbocycles. The minimum Gasteiger partial charge on any atom is -0.496 e. The van der Waals surface area contributed by atoms with Crippen molar-refractivity contribution in [3.05, 3.63) is 58.4 Å². The lowest BCUT2D eigenvalue weighted by atomic mass is 9.95. The summed E-state index contributed by atoms with van der Waals surface area (Å²) in [6.07, 6.45) is 0.571. The highest BCUT2D eigenvalue weighted by Crippen LogP contribution is 2.37. The summed E-state index contributed by atoms with van der Waals surface area (Å²) in [7, 11) is 2.06. The van der Waals surface area contributed by atoms with Crippen LogP contribution in [0.3, 0.4) is 0 Å². The molecule has 5 nitrogen and oxygen atoms in total. The van der Waals surface area contributed by atoms with Gasteiger partial charge in [0.15, 0.2) is 0 Å². The molecule has 6 heteroatoms. The van der Waals surface area contributed by atoms with Crippen LogP contribution < -0.4 is 15.1 Å². The fourth-order valence-electron chi connectivity index (χ4n) is 3.49. The SMILES string of the molecule is COc1ccccc1-c1c(CCOCC[Si](C)(C)C)c2c(OC)cccc2oc1=O. The minimum absolute atomic E-state index is 0.391. The Hall–Kier alpha value is -2.57. The van der Waals surface area contributed by atoms with Crippen molar-refractivity contribution < 1.29 is 18.6 Å². The van der Waals surface area contributed by atoms with Gasteiger partial charge in [-0.25, -0.2) is 4.79 Å². The number of para-hydroxylation sites is 1. The van der Waals surface area contributed by atoms with Crippen LogP contribution in [0, 0.1) is 0 Å². The van der Waals surface area contributed by atoms with Gasteiger partial charge in [0, 0.05) is 20.2 Å².